The van der Waals surface area contributed by atoms with Gasteiger partial charge in [-0.25, -0.2) is 0 Å². The fourth-order valence-corrected chi connectivity index (χ4v) is 3.59. The van der Waals surface area contributed by atoms with E-state index in [1.54, 1.807) is 0 Å². The summed E-state index contributed by atoms with van der Waals surface area (Å²) in [5, 5.41) is 0. The molecule has 0 saturated heterocycles. The van der Waals surface area contributed by atoms with Gasteiger partial charge in [-0.2, -0.15) is 0 Å². The molecule has 1 atom stereocenters. The molecule has 0 nitrogen and oxygen atoms in total. The summed E-state index contributed by atoms with van der Waals surface area (Å²) in [6.45, 7) is 6.86. The molecule has 0 saturated carbocycles. The van der Waals surface area contributed by atoms with Gasteiger partial charge >= 0.3 is 0 Å². The Morgan fingerprint density at radius 1 is 1.33 bits per heavy atom. The molecule has 2 rings (SSSR count). The second-order valence-electron chi connectivity index (χ2n) is 4.56. The Kier molecular flexibility index (Phi) is 1.41. The van der Waals surface area contributed by atoms with Crippen LogP contribution in [0.3, 0.4) is 0 Å². The highest BCUT2D eigenvalue weighted by atomic mass is 28.3. The van der Waals surface area contributed by atoms with Gasteiger partial charge in [0.15, 0.2) is 0 Å². The van der Waals surface area contributed by atoms with E-state index in [9.17, 15) is 0 Å². The predicted molar refractivity (Wildman–Crippen MR) is 56.2 cm³/mol. The van der Waals surface area contributed by atoms with Crippen LogP contribution in [0.4, 0.5) is 0 Å². The van der Waals surface area contributed by atoms with Crippen molar-refractivity contribution in [3.63, 3.8) is 0 Å². The molecule has 0 aromatic heterocycles. The van der Waals surface area contributed by atoms with Crippen LogP contribution in [0.2, 0.25) is 19.6 Å². The topological polar surface area (TPSA) is 0 Å². The molecule has 1 aliphatic rings. The third-order valence-corrected chi connectivity index (χ3v) is 4.87. The molecule has 1 aliphatic carbocycles. The highest BCUT2D eigenvalue weighted by Crippen LogP contribution is 2.40. The minimum atomic E-state index is -1.38. The van der Waals surface area contributed by atoms with Gasteiger partial charge in [0.05, 0.1) is 8.07 Å². The van der Waals surface area contributed by atoms with Gasteiger partial charge in [-0.3, -0.25) is 0 Å². The Balaban J connectivity index is 2.45. The van der Waals surface area contributed by atoms with E-state index in [4.69, 9.17) is 1.37 Å². The number of hydrogen-bond acceptors (Lipinski definition) is 0. The van der Waals surface area contributed by atoms with E-state index in [1.165, 1.54) is 11.1 Å². The first kappa shape index (κ1) is 6.90. The van der Waals surface area contributed by atoms with Crippen molar-refractivity contribution in [3.8, 4) is 0 Å². The lowest BCUT2D eigenvalue weighted by Crippen LogP contribution is -2.38. The Bertz CT molecular complexity index is 340. The standard InChI is InChI=1S/C11H16Si/c1-12(2,3)11-8-9-6-4-5-7-10(9)11/h4-7,11H,8H2,1-3H3/i11D. The highest BCUT2D eigenvalue weighted by Gasteiger charge is 2.35. The van der Waals surface area contributed by atoms with Crippen molar-refractivity contribution < 1.29 is 1.37 Å². The van der Waals surface area contributed by atoms with Crippen molar-refractivity contribution in [3.05, 3.63) is 35.4 Å². The van der Waals surface area contributed by atoms with E-state index in [1.807, 2.05) is 0 Å². The maximum absolute atomic E-state index is 8.46. The molecule has 12 heavy (non-hydrogen) atoms. The van der Waals surface area contributed by atoms with E-state index in [0.29, 0.717) is 0 Å². The van der Waals surface area contributed by atoms with Gasteiger partial charge in [-0.1, -0.05) is 43.9 Å². The third-order valence-electron chi connectivity index (χ3n) is 2.62. The fraction of sp³-hybridized carbons (Fsp3) is 0.455. The molecule has 0 radical (unpaired) electrons. The first-order valence-corrected chi connectivity index (χ1v) is 8.03. The van der Waals surface area contributed by atoms with Crippen molar-refractivity contribution >= 4 is 8.07 Å². The molecule has 0 spiro atoms. The highest BCUT2D eigenvalue weighted by molar-refractivity contribution is 6.77. The van der Waals surface area contributed by atoms with Crippen molar-refractivity contribution in [2.45, 2.75) is 31.6 Å². The maximum atomic E-state index is 8.46. The van der Waals surface area contributed by atoms with Gasteiger partial charge in [-0.05, 0) is 23.1 Å². The van der Waals surface area contributed by atoms with Crippen molar-refractivity contribution in [2.24, 2.45) is 0 Å². The summed E-state index contributed by atoms with van der Waals surface area (Å²) in [6, 6.07) is 8.41. The van der Waals surface area contributed by atoms with E-state index in [-0.39, 0.29) is 5.52 Å². The summed E-state index contributed by atoms with van der Waals surface area (Å²) in [4.78, 5) is 0. The molecule has 0 amide bonds. The number of hydrogen-bond donors (Lipinski definition) is 0. The lowest BCUT2D eigenvalue weighted by atomic mass is 9.88. The Morgan fingerprint density at radius 3 is 2.58 bits per heavy atom. The Morgan fingerprint density at radius 2 is 2.00 bits per heavy atom. The van der Waals surface area contributed by atoms with Crippen LogP contribution in [0.5, 0.6) is 0 Å². The minimum Gasteiger partial charge on any atom is -0.0691 e. The Labute approximate surface area is 77.0 Å². The summed E-state index contributed by atoms with van der Waals surface area (Å²) in [5.74, 6) is 0. The van der Waals surface area contributed by atoms with Gasteiger partial charge in [0.25, 0.3) is 0 Å². The summed E-state index contributed by atoms with van der Waals surface area (Å²) in [6.07, 6.45) is 0.971. The second kappa shape index (κ2) is 2.46. The van der Waals surface area contributed by atoms with Crippen LogP contribution in [0, 0.1) is 0 Å². The van der Waals surface area contributed by atoms with E-state index in [0.717, 1.165) is 6.42 Å². The molecule has 0 fully saturated rings. The number of benzene rings is 1. The van der Waals surface area contributed by atoms with E-state index in [2.05, 4.69) is 43.9 Å². The first-order valence-electron chi connectivity index (χ1n) is 5.03. The molecular weight excluding hydrogens is 160 g/mol. The average Bonchev–Trinajstić information content (AvgIpc) is 2.00. The number of rotatable bonds is 1. The van der Waals surface area contributed by atoms with Crippen LogP contribution in [0.25, 0.3) is 0 Å². The molecule has 64 valence electrons. The Hall–Kier alpha value is -0.563. The zero-order valence-electron chi connectivity index (χ0n) is 9.02. The molecule has 1 aromatic carbocycles. The number of fused-ring (bicyclic) bond motifs is 1. The normalized spacial score (nSPS) is 28.8. The molecule has 0 bridgehead atoms. The van der Waals surface area contributed by atoms with Crippen LogP contribution in [0.15, 0.2) is 24.3 Å². The van der Waals surface area contributed by atoms with Crippen LogP contribution in [0.1, 0.15) is 18.0 Å². The monoisotopic (exact) mass is 177 g/mol. The maximum Gasteiger partial charge on any atom is 0.0525 e. The van der Waals surface area contributed by atoms with Crippen molar-refractivity contribution in [1.29, 1.82) is 0 Å². The predicted octanol–water partition coefficient (Wildman–Crippen LogP) is 3.20. The summed E-state index contributed by atoms with van der Waals surface area (Å²) >= 11 is 0. The minimum absolute atomic E-state index is 0.219. The zero-order valence-corrected chi connectivity index (χ0v) is 9.02. The summed E-state index contributed by atoms with van der Waals surface area (Å²) in [5.41, 5.74) is 2.46. The molecule has 0 N–H and O–H groups in total. The SMILES string of the molecule is [2H]C1([Si](C)(C)C)Cc2ccccc21. The van der Waals surface area contributed by atoms with Crippen LogP contribution >= 0.6 is 0 Å². The first-order chi connectivity index (χ1) is 5.95. The third kappa shape index (κ3) is 1.12. The molecule has 1 unspecified atom stereocenters. The second-order valence-corrected chi connectivity index (χ2v) is 9.67. The fourth-order valence-electron chi connectivity index (χ4n) is 1.82. The molecule has 0 aliphatic heterocycles. The summed E-state index contributed by atoms with van der Waals surface area (Å²) in [7, 11) is -1.38. The molecule has 1 heteroatoms. The van der Waals surface area contributed by atoms with Gasteiger partial charge in [0.2, 0.25) is 0 Å². The smallest absolute Gasteiger partial charge is 0.0525 e. The van der Waals surface area contributed by atoms with Crippen LogP contribution < -0.4 is 0 Å². The van der Waals surface area contributed by atoms with Gasteiger partial charge in [0.1, 0.15) is 0 Å². The quantitative estimate of drug-likeness (QED) is 0.578. The lowest BCUT2D eigenvalue weighted by Gasteiger charge is -2.38. The van der Waals surface area contributed by atoms with Gasteiger partial charge in [-0.15, -0.1) is 0 Å². The van der Waals surface area contributed by atoms with E-state index < -0.39 is 8.07 Å². The van der Waals surface area contributed by atoms with Gasteiger partial charge in [0, 0.05) is 1.37 Å². The zero-order chi connectivity index (χ0) is 9.69. The lowest BCUT2D eigenvalue weighted by molar-refractivity contribution is 0.770. The average molecular weight is 177 g/mol. The molecular formula is C11H16Si. The molecule has 1 aromatic rings. The van der Waals surface area contributed by atoms with Crippen molar-refractivity contribution in [2.75, 3.05) is 0 Å². The summed E-state index contributed by atoms with van der Waals surface area (Å²) < 4.78 is 8.46. The molecule has 0 heterocycles. The van der Waals surface area contributed by atoms with Gasteiger partial charge < -0.3 is 0 Å². The van der Waals surface area contributed by atoms with Crippen molar-refractivity contribution in [1.82, 2.24) is 0 Å². The largest absolute Gasteiger partial charge is 0.0691 e. The van der Waals surface area contributed by atoms with Crippen LogP contribution in [-0.4, -0.2) is 8.07 Å². The van der Waals surface area contributed by atoms with Crippen LogP contribution in [-0.2, 0) is 6.42 Å². The van der Waals surface area contributed by atoms with E-state index >= 15 is 0 Å².